The Labute approximate surface area is 149 Å². The molecule has 1 aromatic rings. The summed E-state index contributed by atoms with van der Waals surface area (Å²) >= 11 is 0. The molecule has 3 N–H and O–H groups in total. The Balaban J connectivity index is 1.54. The van der Waals surface area contributed by atoms with Gasteiger partial charge in [-0.2, -0.15) is 0 Å². The van der Waals surface area contributed by atoms with E-state index in [1.165, 1.54) is 12.8 Å². The molecule has 0 amide bonds. The lowest BCUT2D eigenvalue weighted by molar-refractivity contribution is 0.0966. The molecule has 0 spiro atoms. The van der Waals surface area contributed by atoms with Gasteiger partial charge in [-0.3, -0.25) is 9.59 Å². The Morgan fingerprint density at radius 2 is 1.68 bits per heavy atom. The minimum Gasteiger partial charge on any atom is -0.394 e. The first-order valence-corrected chi connectivity index (χ1v) is 9.03. The average Bonchev–Trinajstić information content (AvgIpc) is 2.60. The van der Waals surface area contributed by atoms with Crippen LogP contribution in [-0.4, -0.2) is 42.6 Å². The van der Waals surface area contributed by atoms with Crippen LogP contribution in [0.15, 0.2) is 35.7 Å². The number of benzene rings is 1. The third kappa shape index (κ3) is 3.76. The number of hydrogen-bond acceptors (Lipinski definition) is 5. The molecule has 0 radical (unpaired) electrons. The molecule has 1 heterocycles. The van der Waals surface area contributed by atoms with Gasteiger partial charge < -0.3 is 16.0 Å². The number of likely N-dealkylation sites (tertiary alicyclic amines) is 1. The van der Waals surface area contributed by atoms with Crippen molar-refractivity contribution in [3.63, 3.8) is 0 Å². The van der Waals surface area contributed by atoms with Crippen LogP contribution in [0, 0.1) is 5.41 Å². The molecule has 1 aliphatic carbocycles. The Morgan fingerprint density at radius 3 is 2.32 bits per heavy atom. The number of carbonyl (C=O) groups is 2. The second kappa shape index (κ2) is 7.00. The second-order valence-corrected chi connectivity index (χ2v) is 7.78. The van der Waals surface area contributed by atoms with Gasteiger partial charge in [-0.25, -0.2) is 0 Å². The normalized spacial score (nSPS) is 20.6. The van der Waals surface area contributed by atoms with Gasteiger partial charge in [0.05, 0.1) is 0 Å². The summed E-state index contributed by atoms with van der Waals surface area (Å²) in [4.78, 5) is 27.4. The minimum absolute atomic E-state index is 0.0309. The third-order valence-electron chi connectivity index (χ3n) is 5.32. The summed E-state index contributed by atoms with van der Waals surface area (Å²) in [6.45, 7) is 8.53. The summed E-state index contributed by atoms with van der Waals surface area (Å²) < 4.78 is 0. The van der Waals surface area contributed by atoms with Crippen LogP contribution in [-0.2, 0) is 0 Å². The lowest BCUT2D eigenvalue weighted by Crippen LogP contribution is -2.39. The average molecular weight is 341 g/mol. The van der Waals surface area contributed by atoms with E-state index in [-0.39, 0.29) is 23.0 Å². The first-order valence-electron chi connectivity index (χ1n) is 9.03. The SMILES string of the molecule is CC1(C)CCN(CCCNC2=C(N)C(=O)c3ccccc3C2=O)CC1. The molecule has 1 aliphatic heterocycles. The molecule has 0 aromatic heterocycles. The van der Waals surface area contributed by atoms with E-state index in [0.29, 0.717) is 23.1 Å². The van der Waals surface area contributed by atoms with E-state index in [0.717, 1.165) is 26.1 Å². The highest BCUT2D eigenvalue weighted by Crippen LogP contribution is 2.29. The molecule has 1 fully saturated rings. The highest BCUT2D eigenvalue weighted by Gasteiger charge is 2.30. The fraction of sp³-hybridized carbons (Fsp3) is 0.500. The van der Waals surface area contributed by atoms with E-state index < -0.39 is 0 Å². The van der Waals surface area contributed by atoms with Gasteiger partial charge in [-0.05, 0) is 44.3 Å². The van der Waals surface area contributed by atoms with Gasteiger partial charge in [0.15, 0.2) is 0 Å². The van der Waals surface area contributed by atoms with Gasteiger partial charge in [0, 0.05) is 17.7 Å². The monoisotopic (exact) mass is 341 g/mol. The van der Waals surface area contributed by atoms with Crippen molar-refractivity contribution in [2.75, 3.05) is 26.2 Å². The van der Waals surface area contributed by atoms with Crippen molar-refractivity contribution in [2.45, 2.75) is 33.1 Å². The highest BCUT2D eigenvalue weighted by atomic mass is 16.1. The van der Waals surface area contributed by atoms with Crippen LogP contribution in [0.1, 0.15) is 53.8 Å². The molecule has 3 rings (SSSR count). The second-order valence-electron chi connectivity index (χ2n) is 7.78. The van der Waals surface area contributed by atoms with Crippen molar-refractivity contribution in [1.29, 1.82) is 0 Å². The standard InChI is InChI=1S/C20H27N3O2/c1-20(2)8-12-23(13-9-20)11-5-10-22-17-16(21)18(24)14-6-3-4-7-15(14)19(17)25/h3-4,6-7,22H,5,8-13,21H2,1-2H3. The molecule has 1 aromatic carbocycles. The van der Waals surface area contributed by atoms with E-state index in [1.54, 1.807) is 24.3 Å². The smallest absolute Gasteiger partial charge is 0.211 e. The van der Waals surface area contributed by atoms with E-state index in [4.69, 9.17) is 5.73 Å². The number of rotatable bonds is 5. The van der Waals surface area contributed by atoms with Gasteiger partial charge in [-0.15, -0.1) is 0 Å². The maximum absolute atomic E-state index is 12.6. The van der Waals surface area contributed by atoms with Gasteiger partial charge in [0.2, 0.25) is 11.6 Å². The Morgan fingerprint density at radius 1 is 1.08 bits per heavy atom. The number of hydrogen-bond donors (Lipinski definition) is 2. The quantitative estimate of drug-likeness (QED) is 0.804. The van der Waals surface area contributed by atoms with Crippen LogP contribution in [0.25, 0.3) is 0 Å². The van der Waals surface area contributed by atoms with Crippen molar-refractivity contribution >= 4 is 11.6 Å². The van der Waals surface area contributed by atoms with Gasteiger partial charge in [0.1, 0.15) is 11.4 Å². The topological polar surface area (TPSA) is 75.4 Å². The lowest BCUT2D eigenvalue weighted by Gasteiger charge is -2.36. The van der Waals surface area contributed by atoms with Gasteiger partial charge >= 0.3 is 0 Å². The molecule has 2 aliphatic rings. The number of Topliss-reactive ketones (excluding diaryl/α,β-unsaturated/α-hetero) is 2. The molecule has 134 valence electrons. The maximum atomic E-state index is 12.6. The van der Waals surface area contributed by atoms with Crippen LogP contribution in [0.4, 0.5) is 0 Å². The highest BCUT2D eigenvalue weighted by molar-refractivity contribution is 6.26. The zero-order valence-corrected chi connectivity index (χ0v) is 15.1. The summed E-state index contributed by atoms with van der Waals surface area (Å²) in [6, 6.07) is 6.84. The van der Waals surface area contributed by atoms with Crippen LogP contribution in [0.3, 0.4) is 0 Å². The number of allylic oxidation sites excluding steroid dienone is 2. The van der Waals surface area contributed by atoms with Crippen LogP contribution >= 0.6 is 0 Å². The van der Waals surface area contributed by atoms with Crippen molar-refractivity contribution in [3.8, 4) is 0 Å². The van der Waals surface area contributed by atoms with Crippen molar-refractivity contribution in [3.05, 3.63) is 46.8 Å². The van der Waals surface area contributed by atoms with E-state index in [9.17, 15) is 9.59 Å². The minimum atomic E-state index is -0.268. The molecule has 0 saturated carbocycles. The third-order valence-corrected chi connectivity index (χ3v) is 5.32. The number of nitrogens with zero attached hydrogens (tertiary/aromatic N) is 1. The summed E-state index contributed by atoms with van der Waals surface area (Å²) in [7, 11) is 0. The zero-order valence-electron chi connectivity index (χ0n) is 15.1. The molecular formula is C20H27N3O2. The van der Waals surface area contributed by atoms with E-state index in [1.807, 2.05) is 0 Å². The number of fused-ring (bicyclic) bond motifs is 1. The Kier molecular flexibility index (Phi) is 4.95. The van der Waals surface area contributed by atoms with Gasteiger partial charge in [-0.1, -0.05) is 38.1 Å². The van der Waals surface area contributed by atoms with Crippen molar-refractivity contribution < 1.29 is 9.59 Å². The molecule has 25 heavy (non-hydrogen) atoms. The van der Waals surface area contributed by atoms with Crippen molar-refractivity contribution in [2.24, 2.45) is 11.1 Å². The molecule has 5 heteroatoms. The predicted molar refractivity (Wildman–Crippen MR) is 98.4 cm³/mol. The molecule has 0 bridgehead atoms. The molecule has 5 nitrogen and oxygen atoms in total. The summed E-state index contributed by atoms with van der Waals surface area (Å²) in [5.41, 5.74) is 7.49. The van der Waals surface area contributed by atoms with Crippen LogP contribution in [0.2, 0.25) is 0 Å². The van der Waals surface area contributed by atoms with Gasteiger partial charge in [0.25, 0.3) is 0 Å². The number of nitrogens with one attached hydrogen (secondary N) is 1. The molecule has 1 saturated heterocycles. The fourth-order valence-corrected chi connectivity index (χ4v) is 3.47. The first kappa shape index (κ1) is 17.7. The molecule has 0 unspecified atom stereocenters. The number of ketones is 2. The Hall–Kier alpha value is -2.14. The van der Waals surface area contributed by atoms with E-state index >= 15 is 0 Å². The predicted octanol–water partition coefficient (Wildman–Crippen LogP) is 2.34. The first-order chi connectivity index (χ1) is 11.9. The van der Waals surface area contributed by atoms with Crippen molar-refractivity contribution in [1.82, 2.24) is 10.2 Å². The van der Waals surface area contributed by atoms with E-state index in [2.05, 4.69) is 24.1 Å². The van der Waals surface area contributed by atoms with Crippen LogP contribution < -0.4 is 11.1 Å². The molecule has 0 atom stereocenters. The summed E-state index contributed by atoms with van der Waals surface area (Å²) in [6.07, 6.45) is 3.37. The fourth-order valence-electron chi connectivity index (χ4n) is 3.47. The number of carbonyl (C=O) groups excluding carboxylic acids is 2. The number of piperidine rings is 1. The lowest BCUT2D eigenvalue weighted by atomic mass is 9.83. The summed E-state index contributed by atoms with van der Waals surface area (Å²) in [5.74, 6) is -0.455. The largest absolute Gasteiger partial charge is 0.394 e. The Bertz CT molecular complexity index is 711. The zero-order chi connectivity index (χ0) is 18.0. The van der Waals surface area contributed by atoms with Crippen LogP contribution in [0.5, 0.6) is 0 Å². The maximum Gasteiger partial charge on any atom is 0.211 e. The number of nitrogens with two attached hydrogens (primary N) is 1. The summed E-state index contributed by atoms with van der Waals surface area (Å²) in [5, 5.41) is 3.11. The molecular weight excluding hydrogens is 314 g/mol.